The van der Waals surface area contributed by atoms with Crippen LogP contribution in [-0.2, 0) is 9.53 Å². The normalized spacial score (nSPS) is 22.7. The van der Waals surface area contributed by atoms with Crippen LogP contribution in [0.25, 0.3) is 0 Å². The van der Waals surface area contributed by atoms with Crippen LogP contribution in [0.5, 0.6) is 0 Å². The van der Waals surface area contributed by atoms with E-state index in [4.69, 9.17) is 4.74 Å². The van der Waals surface area contributed by atoms with Gasteiger partial charge in [0.15, 0.2) is 0 Å². The fraction of sp³-hybridized carbons (Fsp3) is 0.900. The van der Waals surface area contributed by atoms with Crippen LogP contribution in [0.15, 0.2) is 0 Å². The van der Waals surface area contributed by atoms with Gasteiger partial charge in [-0.2, -0.15) is 0 Å². The maximum absolute atomic E-state index is 11.5. The highest BCUT2D eigenvalue weighted by Gasteiger charge is 2.31. The summed E-state index contributed by atoms with van der Waals surface area (Å²) in [6.45, 7) is 8.99. The lowest BCUT2D eigenvalue weighted by Crippen LogP contribution is -2.53. The second-order valence-electron chi connectivity index (χ2n) is 4.51. The van der Waals surface area contributed by atoms with Crippen molar-refractivity contribution >= 4 is 5.91 Å². The molecule has 3 nitrogen and oxygen atoms in total. The molecular formula is C10H19NO2. The van der Waals surface area contributed by atoms with Crippen molar-refractivity contribution in [2.75, 3.05) is 6.61 Å². The number of hydrogen-bond acceptors (Lipinski definition) is 2. The minimum Gasteiger partial charge on any atom is -0.368 e. The molecule has 0 saturated carbocycles. The predicted molar refractivity (Wildman–Crippen MR) is 51.4 cm³/mol. The van der Waals surface area contributed by atoms with E-state index in [9.17, 15) is 4.79 Å². The fourth-order valence-electron chi connectivity index (χ4n) is 0.985. The Kier molecular flexibility index (Phi) is 2.96. The molecule has 0 spiro atoms. The molecule has 1 atom stereocenters. The number of carbonyl (C=O) groups excluding carboxylic acids is 1. The van der Waals surface area contributed by atoms with Crippen LogP contribution in [0.4, 0.5) is 0 Å². The molecule has 0 bridgehead atoms. The molecule has 1 N–H and O–H groups in total. The third kappa shape index (κ3) is 2.44. The first-order valence-corrected chi connectivity index (χ1v) is 4.87. The molecule has 0 aliphatic carbocycles. The van der Waals surface area contributed by atoms with Crippen molar-refractivity contribution in [3.8, 4) is 0 Å². The molecule has 76 valence electrons. The van der Waals surface area contributed by atoms with E-state index in [1.54, 1.807) is 0 Å². The summed E-state index contributed by atoms with van der Waals surface area (Å²) in [5, 5.41) is 2.99. The summed E-state index contributed by atoms with van der Waals surface area (Å²) in [5.74, 6) is 0.460. The third-order valence-electron chi connectivity index (χ3n) is 2.88. The van der Waals surface area contributed by atoms with E-state index in [-0.39, 0.29) is 17.6 Å². The lowest BCUT2D eigenvalue weighted by Gasteiger charge is -2.34. The van der Waals surface area contributed by atoms with E-state index < -0.39 is 0 Å². The SMILES string of the molecule is CC(C)C(C)(C)NC(=O)C1CCO1. The van der Waals surface area contributed by atoms with E-state index in [0.29, 0.717) is 5.92 Å². The summed E-state index contributed by atoms with van der Waals surface area (Å²) in [7, 11) is 0. The maximum atomic E-state index is 11.5. The fourth-order valence-corrected chi connectivity index (χ4v) is 0.985. The maximum Gasteiger partial charge on any atom is 0.249 e. The van der Waals surface area contributed by atoms with E-state index in [0.717, 1.165) is 13.0 Å². The van der Waals surface area contributed by atoms with Gasteiger partial charge in [-0.25, -0.2) is 0 Å². The van der Waals surface area contributed by atoms with Gasteiger partial charge < -0.3 is 10.1 Å². The van der Waals surface area contributed by atoms with E-state index >= 15 is 0 Å². The van der Waals surface area contributed by atoms with Gasteiger partial charge in [0.25, 0.3) is 0 Å². The number of amides is 1. The zero-order valence-electron chi connectivity index (χ0n) is 8.89. The largest absolute Gasteiger partial charge is 0.368 e. The summed E-state index contributed by atoms with van der Waals surface area (Å²) < 4.78 is 5.11. The highest BCUT2D eigenvalue weighted by molar-refractivity contribution is 5.82. The van der Waals surface area contributed by atoms with Gasteiger partial charge in [-0.3, -0.25) is 4.79 Å². The highest BCUT2D eigenvalue weighted by Crippen LogP contribution is 2.18. The molecule has 1 rings (SSSR count). The van der Waals surface area contributed by atoms with Gasteiger partial charge in [0.2, 0.25) is 5.91 Å². The zero-order valence-corrected chi connectivity index (χ0v) is 8.89. The second kappa shape index (κ2) is 3.66. The third-order valence-corrected chi connectivity index (χ3v) is 2.88. The average Bonchev–Trinajstić information content (AvgIpc) is 1.80. The van der Waals surface area contributed by atoms with Crippen molar-refractivity contribution in [3.05, 3.63) is 0 Å². The minimum absolute atomic E-state index is 0.0324. The van der Waals surface area contributed by atoms with Crippen molar-refractivity contribution in [2.24, 2.45) is 5.92 Å². The standard InChI is InChI=1S/C10H19NO2/c1-7(2)10(3,4)11-9(12)8-5-6-13-8/h7-8H,5-6H2,1-4H3,(H,11,12). The van der Waals surface area contributed by atoms with Crippen LogP contribution in [0, 0.1) is 5.92 Å². The molecule has 0 aromatic rings. The van der Waals surface area contributed by atoms with Crippen molar-refractivity contribution in [1.82, 2.24) is 5.32 Å². The van der Waals surface area contributed by atoms with Gasteiger partial charge in [-0.15, -0.1) is 0 Å². The summed E-state index contributed by atoms with van der Waals surface area (Å²) in [4.78, 5) is 11.5. The molecular weight excluding hydrogens is 166 g/mol. The van der Waals surface area contributed by atoms with Crippen LogP contribution in [0.3, 0.4) is 0 Å². The van der Waals surface area contributed by atoms with Gasteiger partial charge in [-0.05, 0) is 19.8 Å². The monoisotopic (exact) mass is 185 g/mol. The molecule has 1 unspecified atom stereocenters. The molecule has 13 heavy (non-hydrogen) atoms. The molecule has 3 heteroatoms. The summed E-state index contributed by atoms with van der Waals surface area (Å²) in [5.41, 5.74) is -0.143. The zero-order chi connectivity index (χ0) is 10.1. The van der Waals surface area contributed by atoms with E-state index in [1.165, 1.54) is 0 Å². The first-order chi connectivity index (χ1) is 5.93. The van der Waals surface area contributed by atoms with E-state index in [2.05, 4.69) is 19.2 Å². The Labute approximate surface area is 79.8 Å². The van der Waals surface area contributed by atoms with Crippen LogP contribution < -0.4 is 5.32 Å². The molecule has 0 aromatic carbocycles. The molecule has 0 aromatic heterocycles. The Balaban J connectivity index is 2.42. The second-order valence-corrected chi connectivity index (χ2v) is 4.51. The van der Waals surface area contributed by atoms with Gasteiger partial charge in [0, 0.05) is 12.0 Å². The van der Waals surface area contributed by atoms with Crippen molar-refractivity contribution < 1.29 is 9.53 Å². The highest BCUT2D eigenvalue weighted by atomic mass is 16.5. The Bertz CT molecular complexity index is 195. The summed E-state index contributed by atoms with van der Waals surface area (Å²) in [6, 6.07) is 0. The Morgan fingerprint density at radius 2 is 2.08 bits per heavy atom. The Hall–Kier alpha value is -0.570. The van der Waals surface area contributed by atoms with Crippen LogP contribution in [0.1, 0.15) is 34.1 Å². The molecule has 1 amide bonds. The first kappa shape index (κ1) is 10.5. The van der Waals surface area contributed by atoms with Gasteiger partial charge in [-0.1, -0.05) is 13.8 Å². The quantitative estimate of drug-likeness (QED) is 0.720. The Morgan fingerprint density at radius 1 is 1.54 bits per heavy atom. The number of rotatable bonds is 3. The van der Waals surface area contributed by atoms with Gasteiger partial charge >= 0.3 is 0 Å². The number of carbonyl (C=O) groups is 1. The molecule has 0 radical (unpaired) electrons. The van der Waals surface area contributed by atoms with Crippen LogP contribution in [-0.4, -0.2) is 24.2 Å². The number of nitrogens with one attached hydrogen (secondary N) is 1. The molecule has 1 aliphatic rings. The smallest absolute Gasteiger partial charge is 0.249 e. The molecule has 1 fully saturated rings. The number of hydrogen-bond donors (Lipinski definition) is 1. The van der Waals surface area contributed by atoms with Crippen molar-refractivity contribution in [1.29, 1.82) is 0 Å². The number of ether oxygens (including phenoxy) is 1. The first-order valence-electron chi connectivity index (χ1n) is 4.87. The van der Waals surface area contributed by atoms with Crippen molar-refractivity contribution in [3.63, 3.8) is 0 Å². The van der Waals surface area contributed by atoms with Gasteiger partial charge in [0.05, 0.1) is 6.61 Å². The molecule has 1 heterocycles. The van der Waals surface area contributed by atoms with Crippen LogP contribution >= 0.6 is 0 Å². The topological polar surface area (TPSA) is 38.3 Å². The van der Waals surface area contributed by atoms with E-state index in [1.807, 2.05) is 13.8 Å². The lowest BCUT2D eigenvalue weighted by molar-refractivity contribution is -0.147. The molecule has 1 aliphatic heterocycles. The molecule has 1 saturated heterocycles. The lowest BCUT2D eigenvalue weighted by atomic mass is 9.90. The van der Waals surface area contributed by atoms with Crippen molar-refractivity contribution in [2.45, 2.75) is 45.8 Å². The predicted octanol–water partition coefficient (Wildman–Crippen LogP) is 1.33. The summed E-state index contributed by atoms with van der Waals surface area (Å²) in [6.07, 6.45) is 0.665. The van der Waals surface area contributed by atoms with Gasteiger partial charge in [0.1, 0.15) is 6.10 Å². The average molecular weight is 185 g/mol. The summed E-state index contributed by atoms with van der Waals surface area (Å²) >= 11 is 0. The van der Waals surface area contributed by atoms with Crippen LogP contribution in [0.2, 0.25) is 0 Å². The minimum atomic E-state index is -0.196. The Morgan fingerprint density at radius 3 is 2.38 bits per heavy atom.